The minimum absolute atomic E-state index is 0.389. The first-order valence-corrected chi connectivity index (χ1v) is 10.0. The van der Waals surface area contributed by atoms with Crippen LogP contribution in [-0.2, 0) is 14.4 Å². The Balaban J connectivity index is 1.71. The van der Waals surface area contributed by atoms with Gasteiger partial charge in [-0.2, -0.15) is 0 Å². The predicted molar refractivity (Wildman–Crippen MR) is 111 cm³/mol. The average Bonchev–Trinajstić information content (AvgIpc) is 2.97. The van der Waals surface area contributed by atoms with Crippen molar-refractivity contribution in [3.05, 3.63) is 23.8 Å². The smallest absolute Gasteiger partial charge is 0.327 e. The number of nitrogens with zero attached hydrogens (tertiary/aromatic N) is 1. The molecule has 0 aromatic heterocycles. The Morgan fingerprint density at radius 2 is 1.77 bits per heavy atom. The van der Waals surface area contributed by atoms with Gasteiger partial charge < -0.3 is 29.5 Å². The number of thioether (sulfide) groups is 1. The fourth-order valence-electron chi connectivity index (χ4n) is 3.72. The number of hydrogen-bond donors (Lipinski definition) is 2. The molecule has 2 N–H and O–H groups in total. The summed E-state index contributed by atoms with van der Waals surface area (Å²) in [4.78, 5) is 37.7. The summed E-state index contributed by atoms with van der Waals surface area (Å²) >= 11 is 1.37. The molecule has 2 aliphatic rings. The molecular formula is C20H24N2O7S. The third kappa shape index (κ3) is 3.67. The van der Waals surface area contributed by atoms with E-state index in [0.29, 0.717) is 22.8 Å². The lowest BCUT2D eigenvalue weighted by atomic mass is 9.96. The molecule has 1 aromatic carbocycles. The Kier molecular flexibility index (Phi) is 5.89. The number of benzene rings is 1. The summed E-state index contributed by atoms with van der Waals surface area (Å²) in [5.74, 6) is -0.554. The monoisotopic (exact) mass is 436 g/mol. The van der Waals surface area contributed by atoms with Crippen LogP contribution in [0.25, 0.3) is 6.08 Å². The van der Waals surface area contributed by atoms with Gasteiger partial charge in [0.15, 0.2) is 11.5 Å². The standard InChI is InChI=1S/C20H24N2O7S/c1-20(2)16(19(25)26)22-17(24)14(18(22)30-20)21-13(23)7-6-10-8-11(27-3)15(29-5)12(9-10)28-4/h6-9,14,16,18H,1-5H3,(H,21,23)(H,25,26)/t14-,16+,18-/m1/s1. The second-order valence-electron chi connectivity index (χ2n) is 7.38. The number of carbonyl (C=O) groups is 3. The number of amides is 2. The van der Waals surface area contributed by atoms with Crippen LogP contribution < -0.4 is 19.5 Å². The number of ether oxygens (including phenoxy) is 3. The Bertz CT molecular complexity index is 889. The number of carboxylic acid groups (broad SMARTS) is 1. The van der Waals surface area contributed by atoms with Gasteiger partial charge >= 0.3 is 5.97 Å². The van der Waals surface area contributed by atoms with Crippen LogP contribution in [0.3, 0.4) is 0 Å². The molecule has 162 valence electrons. The van der Waals surface area contributed by atoms with Crippen molar-refractivity contribution < 1.29 is 33.7 Å². The quantitative estimate of drug-likeness (QED) is 0.486. The molecule has 1 aromatic rings. The lowest BCUT2D eigenvalue weighted by Gasteiger charge is -2.43. The molecule has 0 aliphatic carbocycles. The summed E-state index contributed by atoms with van der Waals surface area (Å²) in [6.45, 7) is 3.57. The van der Waals surface area contributed by atoms with Crippen molar-refractivity contribution in [3.8, 4) is 17.2 Å². The number of hydrogen-bond acceptors (Lipinski definition) is 7. The van der Waals surface area contributed by atoms with Crippen LogP contribution in [0.4, 0.5) is 0 Å². The summed E-state index contributed by atoms with van der Waals surface area (Å²) in [5, 5.41) is 11.7. The van der Waals surface area contributed by atoms with Gasteiger partial charge in [-0.25, -0.2) is 4.79 Å². The summed E-state index contributed by atoms with van der Waals surface area (Å²) in [7, 11) is 4.49. The van der Waals surface area contributed by atoms with Gasteiger partial charge in [0.25, 0.3) is 0 Å². The van der Waals surface area contributed by atoms with Crippen molar-refractivity contribution in [3.63, 3.8) is 0 Å². The minimum Gasteiger partial charge on any atom is -0.493 e. The van der Waals surface area contributed by atoms with E-state index in [9.17, 15) is 19.5 Å². The third-order valence-electron chi connectivity index (χ3n) is 5.09. The molecule has 10 heteroatoms. The van der Waals surface area contributed by atoms with Gasteiger partial charge in [-0.05, 0) is 37.6 Å². The second kappa shape index (κ2) is 8.10. The Morgan fingerprint density at radius 3 is 2.27 bits per heavy atom. The molecule has 2 saturated heterocycles. The van der Waals surface area contributed by atoms with Crippen LogP contribution in [0.15, 0.2) is 18.2 Å². The number of fused-ring (bicyclic) bond motifs is 1. The predicted octanol–water partition coefficient (Wildman–Crippen LogP) is 1.36. The number of nitrogens with one attached hydrogen (secondary N) is 1. The topological polar surface area (TPSA) is 114 Å². The molecule has 9 nitrogen and oxygen atoms in total. The Labute approximate surface area is 178 Å². The lowest BCUT2D eigenvalue weighted by molar-refractivity contribution is -0.160. The third-order valence-corrected chi connectivity index (χ3v) is 6.66. The highest BCUT2D eigenvalue weighted by Crippen LogP contribution is 2.50. The maximum Gasteiger partial charge on any atom is 0.327 e. The molecule has 0 spiro atoms. The zero-order valence-corrected chi connectivity index (χ0v) is 18.1. The van der Waals surface area contributed by atoms with E-state index in [1.54, 1.807) is 32.1 Å². The SMILES string of the molecule is COc1cc(C=CC(=O)N[C@@H]2C(=O)N3[C@@H]2SC(C)(C)[C@@H]3C(=O)O)cc(OC)c1OC. The number of carboxylic acids is 1. The second-order valence-corrected chi connectivity index (χ2v) is 9.15. The van der Waals surface area contributed by atoms with Crippen molar-refractivity contribution in [2.45, 2.75) is 36.1 Å². The molecular weight excluding hydrogens is 412 g/mol. The largest absolute Gasteiger partial charge is 0.493 e. The van der Waals surface area contributed by atoms with Gasteiger partial charge in [0.2, 0.25) is 17.6 Å². The zero-order chi connectivity index (χ0) is 22.2. The summed E-state index contributed by atoms with van der Waals surface area (Å²) in [5.41, 5.74) is 0.642. The van der Waals surface area contributed by atoms with Gasteiger partial charge in [-0.3, -0.25) is 9.59 Å². The molecule has 0 radical (unpaired) electrons. The van der Waals surface area contributed by atoms with Crippen molar-refractivity contribution in [1.29, 1.82) is 0 Å². The highest BCUT2D eigenvalue weighted by Gasteiger charge is 2.64. The van der Waals surface area contributed by atoms with E-state index in [4.69, 9.17) is 14.2 Å². The van der Waals surface area contributed by atoms with Crippen molar-refractivity contribution in [1.82, 2.24) is 10.2 Å². The fourth-order valence-corrected chi connectivity index (χ4v) is 5.34. The normalized spacial score (nSPS) is 24.2. The minimum atomic E-state index is -1.05. The molecule has 3 atom stereocenters. The van der Waals surface area contributed by atoms with Crippen LogP contribution in [0.5, 0.6) is 17.2 Å². The molecule has 2 aliphatic heterocycles. The van der Waals surface area contributed by atoms with Crippen LogP contribution in [0, 0.1) is 0 Å². The van der Waals surface area contributed by atoms with Gasteiger partial charge in [-0.15, -0.1) is 11.8 Å². The molecule has 2 amide bonds. The van der Waals surface area contributed by atoms with E-state index in [1.807, 2.05) is 0 Å². The summed E-state index contributed by atoms with van der Waals surface area (Å²) < 4.78 is 15.2. The number of rotatable bonds is 7. The average molecular weight is 436 g/mol. The lowest BCUT2D eigenvalue weighted by Crippen LogP contribution is -2.70. The Morgan fingerprint density at radius 1 is 1.17 bits per heavy atom. The molecule has 2 fully saturated rings. The molecule has 0 bridgehead atoms. The highest BCUT2D eigenvalue weighted by atomic mass is 32.2. The highest BCUT2D eigenvalue weighted by molar-refractivity contribution is 8.01. The molecule has 30 heavy (non-hydrogen) atoms. The maximum absolute atomic E-state index is 12.5. The van der Waals surface area contributed by atoms with Gasteiger partial charge in [0, 0.05) is 10.8 Å². The van der Waals surface area contributed by atoms with Crippen molar-refractivity contribution >= 4 is 35.6 Å². The van der Waals surface area contributed by atoms with E-state index in [0.717, 1.165) is 0 Å². The number of β-lactam (4-membered cyclic amide) rings is 1. The first kappa shape index (κ1) is 21.8. The van der Waals surface area contributed by atoms with Gasteiger partial charge in [-0.1, -0.05) is 0 Å². The van der Waals surface area contributed by atoms with Crippen LogP contribution in [0.2, 0.25) is 0 Å². The number of carbonyl (C=O) groups excluding carboxylic acids is 2. The van der Waals surface area contributed by atoms with E-state index in [2.05, 4.69) is 5.32 Å². The van der Waals surface area contributed by atoms with Crippen LogP contribution >= 0.6 is 11.8 Å². The molecule has 0 unspecified atom stereocenters. The zero-order valence-electron chi connectivity index (χ0n) is 17.3. The fraction of sp³-hybridized carbons (Fsp3) is 0.450. The number of aliphatic carboxylic acids is 1. The van der Waals surface area contributed by atoms with Gasteiger partial charge in [0.05, 0.1) is 21.3 Å². The molecule has 0 saturated carbocycles. The first-order chi connectivity index (χ1) is 14.1. The Hall–Kier alpha value is -2.88. The van der Waals surface area contributed by atoms with Crippen molar-refractivity contribution in [2.24, 2.45) is 0 Å². The van der Waals surface area contributed by atoms with Crippen LogP contribution in [-0.4, -0.2) is 71.3 Å². The van der Waals surface area contributed by atoms with E-state index < -0.39 is 34.1 Å². The maximum atomic E-state index is 12.5. The van der Waals surface area contributed by atoms with E-state index in [1.165, 1.54) is 44.1 Å². The van der Waals surface area contributed by atoms with Crippen molar-refractivity contribution in [2.75, 3.05) is 21.3 Å². The molecule has 3 rings (SSSR count). The van der Waals surface area contributed by atoms with E-state index >= 15 is 0 Å². The van der Waals surface area contributed by atoms with Crippen LogP contribution in [0.1, 0.15) is 19.4 Å². The summed E-state index contributed by atoms with van der Waals surface area (Å²) in [6, 6.07) is 1.71. The molecule has 2 heterocycles. The summed E-state index contributed by atoms with van der Waals surface area (Å²) in [6.07, 6.45) is 2.86. The first-order valence-electron chi connectivity index (χ1n) is 9.16. The van der Waals surface area contributed by atoms with E-state index in [-0.39, 0.29) is 5.91 Å². The van der Waals surface area contributed by atoms with Gasteiger partial charge in [0.1, 0.15) is 17.5 Å². The number of methoxy groups -OCH3 is 3.